The molecule has 1 atom stereocenters. The van der Waals surface area contributed by atoms with E-state index in [1.165, 1.54) is 23.6 Å². The van der Waals surface area contributed by atoms with Gasteiger partial charge in [-0.05, 0) is 11.6 Å². The van der Waals surface area contributed by atoms with Crippen molar-refractivity contribution in [1.29, 1.82) is 0 Å². The fourth-order valence-corrected chi connectivity index (χ4v) is 3.91. The third kappa shape index (κ3) is 4.00. The van der Waals surface area contributed by atoms with Crippen molar-refractivity contribution in [2.45, 2.75) is 12.3 Å². The van der Waals surface area contributed by atoms with Gasteiger partial charge in [0.1, 0.15) is 12.0 Å². The molecule has 124 valence electrons. The number of β-lactam (4-membered cyclic amide) rings is 1. The zero-order valence-corrected chi connectivity index (χ0v) is 16.7. The second-order valence-electron chi connectivity index (χ2n) is 5.37. The van der Waals surface area contributed by atoms with Crippen molar-refractivity contribution in [2.24, 2.45) is 0 Å². The number of fused-ring (bicyclic) bond motifs is 1. The molecule has 0 bridgehead atoms. The van der Waals surface area contributed by atoms with Crippen LogP contribution in [0.15, 0.2) is 47.2 Å². The number of rotatable bonds is 4. The number of carbonyl (C=O) groups excluding carboxylic acids is 3. The maximum Gasteiger partial charge on any atom is 1.00 e. The molecule has 2 heterocycles. The fourth-order valence-electron chi connectivity index (χ4n) is 2.63. The summed E-state index contributed by atoms with van der Waals surface area (Å²) in [5.41, 5.74) is 1.62. The summed E-state index contributed by atoms with van der Waals surface area (Å²) in [6.07, 6.45) is 1.76. The minimum Gasteiger partial charge on any atom is -0.543 e. The van der Waals surface area contributed by atoms with Crippen molar-refractivity contribution in [2.75, 3.05) is 12.4 Å². The summed E-state index contributed by atoms with van der Waals surface area (Å²) in [7, 11) is 0. The number of amides is 1. The van der Waals surface area contributed by atoms with Crippen LogP contribution < -0.4 is 34.7 Å². The summed E-state index contributed by atoms with van der Waals surface area (Å²) in [4.78, 5) is 36.0. The summed E-state index contributed by atoms with van der Waals surface area (Å²) in [6.45, 7) is 1.09. The first-order valence-corrected chi connectivity index (χ1v) is 8.32. The van der Waals surface area contributed by atoms with Crippen LogP contribution in [-0.2, 0) is 19.1 Å². The van der Waals surface area contributed by atoms with E-state index in [2.05, 4.69) is 0 Å². The van der Waals surface area contributed by atoms with E-state index in [0.29, 0.717) is 16.9 Å². The van der Waals surface area contributed by atoms with Gasteiger partial charge in [-0.1, -0.05) is 30.3 Å². The number of hydrogen-bond acceptors (Lipinski definition) is 6. The zero-order chi connectivity index (χ0) is 17.3. The Bertz CT molecular complexity index is 775. The molecule has 2 aliphatic rings. The standard InChI is InChI=1S/C17H15NO5S.Na/c1-10(19)23-8-12-9-24-16-13(7-11-5-3-2-4-6-11)15(20)18(16)14(12)17(21)22;/h2-7,16H,8-9H2,1H3,(H,21,22);/q;+1/p-1/b13-7+;/t16-;/m1./s1. The van der Waals surface area contributed by atoms with E-state index in [1.54, 1.807) is 6.08 Å². The second-order valence-corrected chi connectivity index (χ2v) is 6.44. The van der Waals surface area contributed by atoms with E-state index in [-0.39, 0.29) is 53.1 Å². The number of carboxylic acid groups (broad SMARTS) is 1. The summed E-state index contributed by atoms with van der Waals surface area (Å²) in [5, 5.41) is 11.1. The van der Waals surface area contributed by atoms with Gasteiger partial charge in [0.25, 0.3) is 5.91 Å². The summed E-state index contributed by atoms with van der Waals surface area (Å²) >= 11 is 1.42. The number of aliphatic carboxylic acids is 1. The van der Waals surface area contributed by atoms with Gasteiger partial charge in [0, 0.05) is 18.2 Å². The molecule has 0 saturated carbocycles. The quantitative estimate of drug-likeness (QED) is 0.254. The molecule has 3 rings (SSSR count). The summed E-state index contributed by atoms with van der Waals surface area (Å²) < 4.78 is 4.87. The first kappa shape index (κ1) is 19.8. The topological polar surface area (TPSA) is 86.7 Å². The van der Waals surface area contributed by atoms with Gasteiger partial charge >= 0.3 is 35.5 Å². The Morgan fingerprint density at radius 3 is 2.64 bits per heavy atom. The molecule has 0 spiro atoms. The van der Waals surface area contributed by atoms with Crippen LogP contribution in [0.1, 0.15) is 12.5 Å². The van der Waals surface area contributed by atoms with Crippen LogP contribution >= 0.6 is 11.8 Å². The molecule has 1 fully saturated rings. The minimum atomic E-state index is -1.44. The minimum absolute atomic E-state index is 0. The third-order valence-corrected chi connectivity index (χ3v) is 5.02. The largest absolute Gasteiger partial charge is 1.00 e. The van der Waals surface area contributed by atoms with Crippen molar-refractivity contribution in [1.82, 2.24) is 4.90 Å². The molecule has 6 nitrogen and oxygen atoms in total. The third-order valence-electron chi connectivity index (χ3n) is 3.72. The van der Waals surface area contributed by atoms with E-state index >= 15 is 0 Å². The molecule has 0 aromatic heterocycles. The molecule has 2 aliphatic heterocycles. The number of nitrogens with zero attached hydrogens (tertiary/aromatic N) is 1. The Labute approximate surface area is 171 Å². The maximum atomic E-state index is 12.4. The van der Waals surface area contributed by atoms with Gasteiger partial charge in [-0.2, -0.15) is 0 Å². The predicted molar refractivity (Wildman–Crippen MR) is 86.2 cm³/mol. The Morgan fingerprint density at radius 1 is 1.36 bits per heavy atom. The average molecular weight is 367 g/mol. The van der Waals surface area contributed by atoms with Crippen LogP contribution in [0.5, 0.6) is 0 Å². The van der Waals surface area contributed by atoms with Crippen molar-refractivity contribution < 1.29 is 53.8 Å². The number of esters is 1. The number of ether oxygens (including phenoxy) is 1. The van der Waals surface area contributed by atoms with Gasteiger partial charge in [-0.25, -0.2) is 0 Å². The Kier molecular flexibility index (Phi) is 6.51. The Morgan fingerprint density at radius 2 is 2.04 bits per heavy atom. The molecule has 1 saturated heterocycles. The van der Waals surface area contributed by atoms with Gasteiger partial charge in [-0.3, -0.25) is 14.5 Å². The van der Waals surface area contributed by atoms with E-state index < -0.39 is 11.9 Å². The van der Waals surface area contributed by atoms with Crippen molar-refractivity contribution >= 4 is 35.7 Å². The number of hydrogen-bond donors (Lipinski definition) is 0. The molecule has 0 radical (unpaired) electrons. The molecule has 0 aliphatic carbocycles. The van der Waals surface area contributed by atoms with E-state index in [4.69, 9.17) is 4.74 Å². The SMILES string of the molecule is CC(=O)OCC1=C(C(=O)[O-])N2C(=O)/C(=C\c3ccccc3)[C@H]2SC1.[Na+]. The van der Waals surface area contributed by atoms with Gasteiger partial charge in [0.2, 0.25) is 0 Å². The maximum absolute atomic E-state index is 12.4. The smallest absolute Gasteiger partial charge is 0.543 e. The van der Waals surface area contributed by atoms with Crippen LogP contribution in [0, 0.1) is 0 Å². The normalized spacial score (nSPS) is 20.5. The van der Waals surface area contributed by atoms with Crippen LogP contribution in [0.25, 0.3) is 6.08 Å². The van der Waals surface area contributed by atoms with E-state index in [0.717, 1.165) is 5.56 Å². The van der Waals surface area contributed by atoms with Gasteiger partial charge in [0.05, 0.1) is 17.2 Å². The van der Waals surface area contributed by atoms with Gasteiger partial charge in [0.15, 0.2) is 0 Å². The van der Waals surface area contributed by atoms with Gasteiger partial charge in [-0.15, -0.1) is 11.8 Å². The van der Waals surface area contributed by atoms with E-state index in [1.807, 2.05) is 30.3 Å². The Balaban J connectivity index is 0.00000225. The predicted octanol–water partition coefficient (Wildman–Crippen LogP) is -2.44. The molecule has 0 unspecified atom stereocenters. The zero-order valence-electron chi connectivity index (χ0n) is 13.9. The summed E-state index contributed by atoms with van der Waals surface area (Å²) in [6, 6.07) is 9.36. The fraction of sp³-hybridized carbons (Fsp3) is 0.235. The van der Waals surface area contributed by atoms with Crippen LogP contribution in [0.3, 0.4) is 0 Å². The monoisotopic (exact) mass is 367 g/mol. The molecule has 8 heteroatoms. The average Bonchev–Trinajstić information content (AvgIpc) is 2.57. The molecular formula is C17H14NNaO5S. The van der Waals surface area contributed by atoms with Crippen LogP contribution in [0.2, 0.25) is 0 Å². The first-order chi connectivity index (χ1) is 11.5. The number of benzene rings is 1. The molecular weight excluding hydrogens is 353 g/mol. The van der Waals surface area contributed by atoms with Crippen molar-refractivity contribution in [3.05, 3.63) is 52.7 Å². The number of thioether (sulfide) groups is 1. The molecule has 1 aromatic rings. The molecule has 1 aromatic carbocycles. The van der Waals surface area contributed by atoms with Crippen LogP contribution in [0.4, 0.5) is 0 Å². The van der Waals surface area contributed by atoms with Crippen molar-refractivity contribution in [3.8, 4) is 0 Å². The molecule has 25 heavy (non-hydrogen) atoms. The first-order valence-electron chi connectivity index (χ1n) is 7.27. The van der Waals surface area contributed by atoms with Crippen LogP contribution in [-0.4, -0.2) is 40.5 Å². The molecule has 1 amide bonds. The number of carbonyl (C=O) groups is 3. The number of carboxylic acids is 1. The van der Waals surface area contributed by atoms with E-state index in [9.17, 15) is 19.5 Å². The Hall–Kier alpha value is -1.54. The van der Waals surface area contributed by atoms with Crippen molar-refractivity contribution in [3.63, 3.8) is 0 Å². The second kappa shape index (κ2) is 8.23. The summed E-state index contributed by atoms with van der Waals surface area (Å²) in [5.74, 6) is -1.95. The molecule has 0 N–H and O–H groups in total. The van der Waals surface area contributed by atoms with Gasteiger partial charge < -0.3 is 14.6 Å².